The van der Waals surface area contributed by atoms with Crippen LogP contribution >= 0.6 is 0 Å². The van der Waals surface area contributed by atoms with E-state index >= 15 is 0 Å². The third-order valence-electron chi connectivity index (χ3n) is 3.26. The summed E-state index contributed by atoms with van der Waals surface area (Å²) < 4.78 is 24.4. The van der Waals surface area contributed by atoms with Gasteiger partial charge in [-0.2, -0.15) is 0 Å². The molecule has 1 aliphatic rings. The molecule has 0 heterocycles. The minimum absolute atomic E-state index is 0.0606. The van der Waals surface area contributed by atoms with Gasteiger partial charge in [-0.25, -0.2) is 4.39 Å². The molecule has 21 heavy (non-hydrogen) atoms. The summed E-state index contributed by atoms with van der Waals surface area (Å²) in [4.78, 5) is 11.5. The van der Waals surface area contributed by atoms with Crippen LogP contribution in [0.4, 0.5) is 4.39 Å². The molecule has 4 heteroatoms. The molecule has 0 amide bonds. The van der Waals surface area contributed by atoms with Gasteiger partial charge in [-0.1, -0.05) is 24.3 Å². The maximum Gasteiger partial charge on any atom is 0.309 e. The van der Waals surface area contributed by atoms with Crippen molar-refractivity contribution in [2.45, 2.75) is 19.4 Å². The number of esters is 1. The summed E-state index contributed by atoms with van der Waals surface area (Å²) in [6.07, 6.45) is 1.81. The quantitative estimate of drug-likeness (QED) is 0.777. The van der Waals surface area contributed by atoms with Crippen LogP contribution in [0.5, 0.6) is 11.5 Å². The van der Waals surface area contributed by atoms with Crippen molar-refractivity contribution >= 4 is 5.97 Å². The number of hydrogen-bond donors (Lipinski definition) is 0. The molecule has 1 aliphatic carbocycles. The van der Waals surface area contributed by atoms with Gasteiger partial charge in [0.1, 0.15) is 12.4 Å². The number of hydrogen-bond acceptors (Lipinski definition) is 3. The van der Waals surface area contributed by atoms with Crippen molar-refractivity contribution in [3.05, 3.63) is 59.9 Å². The van der Waals surface area contributed by atoms with Gasteiger partial charge in [-0.05, 0) is 42.7 Å². The van der Waals surface area contributed by atoms with Crippen molar-refractivity contribution in [2.24, 2.45) is 5.92 Å². The van der Waals surface area contributed by atoms with Crippen molar-refractivity contribution in [3.8, 4) is 11.5 Å². The van der Waals surface area contributed by atoms with Crippen LogP contribution in [-0.4, -0.2) is 5.97 Å². The average molecular weight is 286 g/mol. The predicted octanol–water partition coefficient (Wildman–Crippen LogP) is 4.07. The van der Waals surface area contributed by atoms with E-state index in [0.717, 1.165) is 12.8 Å². The van der Waals surface area contributed by atoms with Crippen LogP contribution in [0, 0.1) is 11.7 Å². The number of halogens is 1. The van der Waals surface area contributed by atoms with E-state index in [1.807, 2.05) is 18.2 Å². The summed E-state index contributed by atoms with van der Waals surface area (Å²) in [5.41, 5.74) is 0.705. The van der Waals surface area contributed by atoms with Crippen molar-refractivity contribution < 1.29 is 18.7 Å². The highest BCUT2D eigenvalue weighted by Crippen LogP contribution is 2.31. The first-order valence-corrected chi connectivity index (χ1v) is 6.90. The summed E-state index contributed by atoms with van der Waals surface area (Å²) in [6, 6.07) is 13.5. The summed E-state index contributed by atoms with van der Waals surface area (Å²) in [5.74, 6) is 0.121. The van der Waals surface area contributed by atoms with Gasteiger partial charge in [0, 0.05) is 0 Å². The third-order valence-corrected chi connectivity index (χ3v) is 3.26. The van der Waals surface area contributed by atoms with E-state index in [4.69, 9.17) is 9.47 Å². The monoisotopic (exact) mass is 286 g/mol. The lowest BCUT2D eigenvalue weighted by Gasteiger charge is -2.09. The minimum atomic E-state index is -0.448. The van der Waals surface area contributed by atoms with Crippen LogP contribution in [0.1, 0.15) is 18.4 Å². The molecule has 0 aromatic heterocycles. The normalized spacial score (nSPS) is 13.8. The maximum absolute atomic E-state index is 13.8. The molecule has 0 aliphatic heterocycles. The Kier molecular flexibility index (Phi) is 3.86. The fourth-order valence-electron chi connectivity index (χ4n) is 1.92. The fraction of sp³-hybridized carbons (Fsp3) is 0.235. The Morgan fingerprint density at radius 3 is 2.62 bits per heavy atom. The Balaban J connectivity index is 1.68. The molecule has 3 rings (SSSR count). The lowest BCUT2D eigenvalue weighted by atomic mass is 10.2. The van der Waals surface area contributed by atoms with E-state index in [1.54, 1.807) is 24.3 Å². The number of carbonyl (C=O) groups is 1. The lowest BCUT2D eigenvalue weighted by Crippen LogP contribution is -2.06. The van der Waals surface area contributed by atoms with Gasteiger partial charge in [0.15, 0.2) is 11.6 Å². The zero-order valence-corrected chi connectivity index (χ0v) is 11.4. The highest BCUT2D eigenvalue weighted by molar-refractivity contribution is 5.74. The number of para-hydroxylation sites is 1. The molecule has 108 valence electrons. The second kappa shape index (κ2) is 5.95. The van der Waals surface area contributed by atoms with E-state index < -0.39 is 5.82 Å². The van der Waals surface area contributed by atoms with Gasteiger partial charge in [0.25, 0.3) is 0 Å². The summed E-state index contributed by atoms with van der Waals surface area (Å²) >= 11 is 0. The zero-order chi connectivity index (χ0) is 14.7. The van der Waals surface area contributed by atoms with E-state index in [9.17, 15) is 9.18 Å². The van der Waals surface area contributed by atoms with E-state index in [2.05, 4.69) is 0 Å². The van der Waals surface area contributed by atoms with Crippen molar-refractivity contribution in [2.75, 3.05) is 0 Å². The SMILES string of the molecule is O=C(OCc1ccc(F)c(Oc2ccccc2)c1)C1CC1. The van der Waals surface area contributed by atoms with Crippen LogP contribution in [-0.2, 0) is 16.1 Å². The molecule has 2 aromatic rings. The first-order valence-electron chi connectivity index (χ1n) is 6.90. The molecule has 3 nitrogen and oxygen atoms in total. The molecule has 1 saturated carbocycles. The maximum atomic E-state index is 13.8. The van der Waals surface area contributed by atoms with Crippen molar-refractivity contribution in [3.63, 3.8) is 0 Å². The number of benzene rings is 2. The first kappa shape index (κ1) is 13.6. The van der Waals surface area contributed by atoms with Gasteiger partial charge in [-0.15, -0.1) is 0 Å². The van der Waals surface area contributed by atoms with Gasteiger partial charge in [0.2, 0.25) is 0 Å². The molecule has 0 atom stereocenters. The van der Waals surface area contributed by atoms with Crippen LogP contribution in [0.25, 0.3) is 0 Å². The molecule has 2 aromatic carbocycles. The van der Waals surface area contributed by atoms with Gasteiger partial charge < -0.3 is 9.47 Å². The van der Waals surface area contributed by atoms with Crippen LogP contribution in [0.15, 0.2) is 48.5 Å². The van der Waals surface area contributed by atoms with Crippen molar-refractivity contribution in [1.82, 2.24) is 0 Å². The summed E-state index contributed by atoms with van der Waals surface area (Å²) in [5, 5.41) is 0. The smallest absolute Gasteiger partial charge is 0.309 e. The van der Waals surface area contributed by atoms with Gasteiger partial charge >= 0.3 is 5.97 Å². The Hall–Kier alpha value is -2.36. The second-order valence-corrected chi connectivity index (χ2v) is 5.06. The molecule has 1 fully saturated rings. The first-order chi connectivity index (χ1) is 10.2. The molecule has 0 bridgehead atoms. The van der Waals surface area contributed by atoms with Gasteiger partial charge in [-0.3, -0.25) is 4.79 Å². The molecule has 0 N–H and O–H groups in total. The predicted molar refractivity (Wildman–Crippen MR) is 75.4 cm³/mol. The highest BCUT2D eigenvalue weighted by Gasteiger charge is 2.31. The van der Waals surface area contributed by atoms with Crippen LogP contribution in [0.3, 0.4) is 0 Å². The number of rotatable bonds is 5. The minimum Gasteiger partial charge on any atom is -0.461 e. The molecule has 0 unspecified atom stereocenters. The van der Waals surface area contributed by atoms with E-state index in [1.165, 1.54) is 6.07 Å². The topological polar surface area (TPSA) is 35.5 Å². The molecule has 0 radical (unpaired) electrons. The zero-order valence-electron chi connectivity index (χ0n) is 11.4. The number of carbonyl (C=O) groups excluding carboxylic acids is 1. The Labute approximate surface area is 122 Å². The highest BCUT2D eigenvalue weighted by atomic mass is 19.1. The molecular weight excluding hydrogens is 271 g/mol. The van der Waals surface area contributed by atoms with E-state index in [0.29, 0.717) is 11.3 Å². The standard InChI is InChI=1S/C17H15FO3/c18-15-9-6-12(11-20-17(19)13-7-8-13)10-16(15)21-14-4-2-1-3-5-14/h1-6,9-10,13H,7-8,11H2. The largest absolute Gasteiger partial charge is 0.461 e. The summed E-state index contributed by atoms with van der Waals surface area (Å²) in [7, 11) is 0. The lowest BCUT2D eigenvalue weighted by molar-refractivity contribution is -0.146. The fourth-order valence-corrected chi connectivity index (χ4v) is 1.92. The molecule has 0 spiro atoms. The molecular formula is C17H15FO3. The third kappa shape index (κ3) is 3.60. The Morgan fingerprint density at radius 1 is 1.14 bits per heavy atom. The molecule has 0 saturated heterocycles. The van der Waals surface area contributed by atoms with Crippen molar-refractivity contribution in [1.29, 1.82) is 0 Å². The van der Waals surface area contributed by atoms with E-state index in [-0.39, 0.29) is 24.2 Å². The number of ether oxygens (including phenoxy) is 2. The Morgan fingerprint density at radius 2 is 1.90 bits per heavy atom. The average Bonchev–Trinajstić information content (AvgIpc) is 3.33. The van der Waals surface area contributed by atoms with Crippen LogP contribution in [0.2, 0.25) is 0 Å². The Bertz CT molecular complexity index is 636. The van der Waals surface area contributed by atoms with Gasteiger partial charge in [0.05, 0.1) is 5.92 Å². The second-order valence-electron chi connectivity index (χ2n) is 5.06. The van der Waals surface area contributed by atoms with Crippen LogP contribution < -0.4 is 4.74 Å². The summed E-state index contributed by atoms with van der Waals surface area (Å²) in [6.45, 7) is 0.140.